The molecule has 0 bridgehead atoms. The van der Waals surface area contributed by atoms with Crippen molar-refractivity contribution in [2.24, 2.45) is 0 Å². The van der Waals surface area contributed by atoms with Crippen LogP contribution in [0.25, 0.3) is 0 Å². The number of benzene rings is 2. The van der Waals surface area contributed by atoms with Crippen LogP contribution in [0.4, 0.5) is 10.1 Å². The Morgan fingerprint density at radius 1 is 1.13 bits per heavy atom. The minimum absolute atomic E-state index is 0. The third kappa shape index (κ3) is 3.86. The maximum absolute atomic E-state index is 14.3. The molecule has 1 aliphatic heterocycles. The van der Waals surface area contributed by atoms with E-state index in [1.807, 2.05) is 37.3 Å². The van der Waals surface area contributed by atoms with E-state index >= 15 is 0 Å². The molecule has 2 N–H and O–H groups in total. The molecule has 0 aromatic heterocycles. The van der Waals surface area contributed by atoms with Gasteiger partial charge < -0.3 is 15.3 Å². The molecule has 0 radical (unpaired) electrons. The van der Waals surface area contributed by atoms with Crippen molar-refractivity contribution in [2.75, 3.05) is 18.0 Å². The summed E-state index contributed by atoms with van der Waals surface area (Å²) in [7, 11) is 0. The number of aliphatic hydroxyl groups is 1. The first-order valence-electron chi connectivity index (χ1n) is 10.7. The van der Waals surface area contributed by atoms with Gasteiger partial charge in [0.25, 0.3) is 0 Å². The highest BCUT2D eigenvalue weighted by Crippen LogP contribution is 2.52. The number of aliphatic hydroxyl groups excluding tert-OH is 1. The number of hydrogen-bond acceptors (Lipinski definition) is 3. The van der Waals surface area contributed by atoms with Crippen molar-refractivity contribution < 1.29 is 14.3 Å². The number of amides is 1. The minimum atomic E-state index is -0.809. The monoisotopic (exact) mass is 432 g/mol. The molecule has 2 atom stereocenters. The molecule has 1 aliphatic carbocycles. The van der Waals surface area contributed by atoms with Crippen molar-refractivity contribution in [2.45, 2.75) is 56.6 Å². The van der Waals surface area contributed by atoms with Gasteiger partial charge in [0.05, 0.1) is 23.2 Å². The van der Waals surface area contributed by atoms with Crippen molar-refractivity contribution in [3.8, 4) is 0 Å². The number of nitrogens with one attached hydrogen (secondary N) is 1. The van der Waals surface area contributed by atoms with Gasteiger partial charge in [0, 0.05) is 6.54 Å². The quantitative estimate of drug-likeness (QED) is 0.706. The molecule has 0 unspecified atom stereocenters. The van der Waals surface area contributed by atoms with Gasteiger partial charge in [-0.1, -0.05) is 62.6 Å². The Bertz CT molecular complexity index is 871. The van der Waals surface area contributed by atoms with Crippen LogP contribution in [-0.4, -0.2) is 30.2 Å². The first kappa shape index (κ1) is 22.7. The van der Waals surface area contributed by atoms with Crippen LogP contribution in [0.5, 0.6) is 0 Å². The maximum atomic E-state index is 14.3. The molecular weight excluding hydrogens is 403 g/mol. The lowest BCUT2D eigenvalue weighted by Gasteiger charge is -2.36. The lowest BCUT2D eigenvalue weighted by Crippen LogP contribution is -2.48. The van der Waals surface area contributed by atoms with Crippen molar-refractivity contribution in [3.63, 3.8) is 0 Å². The summed E-state index contributed by atoms with van der Waals surface area (Å²) in [5, 5.41) is 14.3. The van der Waals surface area contributed by atoms with Crippen molar-refractivity contribution in [1.82, 2.24) is 5.32 Å². The van der Waals surface area contributed by atoms with Crippen LogP contribution in [-0.2, 0) is 10.2 Å². The molecule has 6 heteroatoms. The largest absolute Gasteiger partial charge is 0.389 e. The molecule has 1 amide bonds. The fourth-order valence-electron chi connectivity index (χ4n) is 5.08. The molecule has 30 heavy (non-hydrogen) atoms. The average molecular weight is 433 g/mol. The van der Waals surface area contributed by atoms with Gasteiger partial charge in [-0.25, -0.2) is 4.39 Å². The highest BCUT2D eigenvalue weighted by Gasteiger charge is 2.53. The van der Waals surface area contributed by atoms with Gasteiger partial charge in [-0.3, -0.25) is 4.79 Å². The van der Waals surface area contributed by atoms with Gasteiger partial charge in [0.15, 0.2) is 0 Å². The standard InChI is InChI=1S/C24H29FN2O2.ClH/c1-2-26-16-21(28)22(17-9-5-3-6-10-17)27-20-15-18(25)11-12-19(20)24(23(27)29)13-7-4-8-14-24;/h3,5-6,9-12,15,21-22,26,28H,2,4,7-8,13-14,16H2,1H3;1H/t21-,22+;/m1./s1. The van der Waals surface area contributed by atoms with E-state index in [4.69, 9.17) is 0 Å². The van der Waals surface area contributed by atoms with Gasteiger partial charge in [0.1, 0.15) is 5.82 Å². The summed E-state index contributed by atoms with van der Waals surface area (Å²) in [6.45, 7) is 3.06. The molecule has 1 spiro atoms. The van der Waals surface area contributed by atoms with Crippen LogP contribution in [0, 0.1) is 5.82 Å². The lowest BCUT2D eigenvalue weighted by molar-refractivity contribution is -0.125. The van der Waals surface area contributed by atoms with Gasteiger partial charge in [-0.2, -0.15) is 0 Å². The number of fused-ring (bicyclic) bond motifs is 2. The maximum Gasteiger partial charge on any atom is 0.238 e. The van der Waals surface area contributed by atoms with Crippen molar-refractivity contribution in [3.05, 3.63) is 65.5 Å². The fourth-order valence-corrected chi connectivity index (χ4v) is 5.08. The summed E-state index contributed by atoms with van der Waals surface area (Å²) in [6.07, 6.45) is 3.86. The Labute approximate surface area is 183 Å². The summed E-state index contributed by atoms with van der Waals surface area (Å²) < 4.78 is 14.3. The third-order valence-corrected chi connectivity index (χ3v) is 6.46. The molecule has 4 rings (SSSR count). The zero-order valence-corrected chi connectivity index (χ0v) is 18.1. The van der Waals surface area contributed by atoms with Crippen LogP contribution in [0.15, 0.2) is 48.5 Å². The zero-order valence-electron chi connectivity index (χ0n) is 17.3. The molecule has 1 heterocycles. The smallest absolute Gasteiger partial charge is 0.238 e. The molecule has 0 saturated heterocycles. The predicted molar refractivity (Wildman–Crippen MR) is 120 cm³/mol. The number of hydrogen-bond donors (Lipinski definition) is 2. The predicted octanol–water partition coefficient (Wildman–Crippen LogP) is 4.51. The van der Waals surface area contributed by atoms with E-state index in [1.165, 1.54) is 12.1 Å². The summed E-state index contributed by atoms with van der Waals surface area (Å²) in [6, 6.07) is 13.7. The summed E-state index contributed by atoms with van der Waals surface area (Å²) in [5.41, 5.74) is 1.79. The molecule has 1 saturated carbocycles. The minimum Gasteiger partial charge on any atom is -0.389 e. The molecule has 2 aliphatic rings. The fraction of sp³-hybridized carbons (Fsp3) is 0.458. The number of likely N-dealkylation sites (N-methyl/N-ethyl adjacent to an activating group) is 1. The highest BCUT2D eigenvalue weighted by molar-refractivity contribution is 6.08. The zero-order chi connectivity index (χ0) is 20.4. The van der Waals surface area contributed by atoms with Crippen LogP contribution < -0.4 is 10.2 Å². The number of nitrogens with zero attached hydrogens (tertiary/aromatic N) is 1. The number of carbonyl (C=O) groups is 1. The van der Waals surface area contributed by atoms with E-state index in [0.29, 0.717) is 12.2 Å². The van der Waals surface area contributed by atoms with E-state index in [1.54, 1.807) is 11.0 Å². The molecule has 1 fully saturated rings. The van der Waals surface area contributed by atoms with Crippen LogP contribution in [0.2, 0.25) is 0 Å². The molecule has 2 aromatic carbocycles. The second-order valence-electron chi connectivity index (χ2n) is 8.21. The molecule has 162 valence electrons. The van der Waals surface area contributed by atoms with Gasteiger partial charge in [-0.05, 0) is 42.6 Å². The Balaban J connectivity index is 0.00000256. The van der Waals surface area contributed by atoms with E-state index in [9.17, 15) is 14.3 Å². The van der Waals surface area contributed by atoms with Crippen LogP contribution in [0.1, 0.15) is 56.2 Å². The molecule has 2 aromatic rings. The normalized spacial score (nSPS) is 19.3. The van der Waals surface area contributed by atoms with Crippen LogP contribution >= 0.6 is 12.4 Å². The first-order valence-corrected chi connectivity index (χ1v) is 10.7. The Hall–Kier alpha value is -1.95. The van der Waals surface area contributed by atoms with Crippen molar-refractivity contribution >= 4 is 24.0 Å². The SMILES string of the molecule is CCNC[C@@H](O)[C@H](c1ccccc1)N1C(=O)C2(CCCCC2)c2ccc(F)cc21.Cl. The number of carbonyl (C=O) groups excluding carboxylic acids is 1. The summed E-state index contributed by atoms with van der Waals surface area (Å²) in [4.78, 5) is 15.6. The van der Waals surface area contributed by atoms with E-state index in [0.717, 1.165) is 49.8 Å². The molecule has 4 nitrogen and oxygen atoms in total. The second-order valence-corrected chi connectivity index (χ2v) is 8.21. The summed E-state index contributed by atoms with van der Waals surface area (Å²) >= 11 is 0. The number of halogens is 2. The number of anilines is 1. The van der Waals surface area contributed by atoms with Crippen molar-refractivity contribution in [1.29, 1.82) is 0 Å². The van der Waals surface area contributed by atoms with Gasteiger partial charge >= 0.3 is 0 Å². The Morgan fingerprint density at radius 3 is 2.50 bits per heavy atom. The van der Waals surface area contributed by atoms with Gasteiger partial charge in [-0.15, -0.1) is 12.4 Å². The first-order chi connectivity index (χ1) is 14.1. The lowest BCUT2D eigenvalue weighted by atomic mass is 9.70. The summed E-state index contributed by atoms with van der Waals surface area (Å²) in [5.74, 6) is -0.357. The Morgan fingerprint density at radius 2 is 1.83 bits per heavy atom. The Kier molecular flexibility index (Phi) is 7.17. The van der Waals surface area contributed by atoms with E-state index in [-0.39, 0.29) is 24.1 Å². The van der Waals surface area contributed by atoms with Gasteiger partial charge in [0.2, 0.25) is 5.91 Å². The second kappa shape index (κ2) is 9.46. The third-order valence-electron chi connectivity index (χ3n) is 6.46. The average Bonchev–Trinajstić information content (AvgIpc) is 2.96. The van der Waals surface area contributed by atoms with E-state index in [2.05, 4.69) is 5.32 Å². The topological polar surface area (TPSA) is 52.6 Å². The van der Waals surface area contributed by atoms with E-state index < -0.39 is 17.6 Å². The number of rotatable bonds is 6. The highest BCUT2D eigenvalue weighted by atomic mass is 35.5. The van der Waals surface area contributed by atoms with Crippen LogP contribution in [0.3, 0.4) is 0 Å². The molecular formula is C24H30ClFN2O2.